The summed E-state index contributed by atoms with van der Waals surface area (Å²) in [6.45, 7) is 12.8. The molecule has 160 valence electrons. The lowest BCUT2D eigenvalue weighted by Gasteiger charge is -2.19. The molecule has 0 saturated carbocycles. The van der Waals surface area contributed by atoms with Crippen LogP contribution >= 0.6 is 0 Å². The van der Waals surface area contributed by atoms with Crippen molar-refractivity contribution in [2.24, 2.45) is 0 Å². The normalized spacial score (nSPS) is 13.5. The predicted molar refractivity (Wildman–Crippen MR) is 115 cm³/mol. The number of hydrogen-bond acceptors (Lipinski definition) is 5. The van der Waals surface area contributed by atoms with E-state index < -0.39 is 16.9 Å². The maximum absolute atomic E-state index is 13.1. The van der Waals surface area contributed by atoms with Gasteiger partial charge in [0.05, 0.1) is 19.4 Å². The first-order valence-corrected chi connectivity index (χ1v) is 10.4. The van der Waals surface area contributed by atoms with Crippen LogP contribution in [0.1, 0.15) is 47.5 Å². The Kier molecular flexibility index (Phi) is 7.82. The van der Waals surface area contributed by atoms with E-state index in [0.29, 0.717) is 30.8 Å². The Morgan fingerprint density at radius 1 is 1.10 bits per heavy atom. The Hall–Kier alpha value is -2.37. The van der Waals surface area contributed by atoms with Crippen LogP contribution in [0, 0.1) is 11.8 Å². The molecule has 0 bridgehead atoms. The average molecular weight is 404 g/mol. The van der Waals surface area contributed by atoms with Crippen molar-refractivity contribution < 1.29 is 5.11 Å². The minimum Gasteiger partial charge on any atom is -0.376 e. The molecule has 0 aromatic carbocycles. The predicted octanol–water partition coefficient (Wildman–Crippen LogP) is 1.28. The molecule has 1 atom stereocenters. The van der Waals surface area contributed by atoms with Crippen molar-refractivity contribution in [2.75, 3.05) is 19.6 Å². The molecule has 8 heteroatoms. The zero-order valence-electron chi connectivity index (χ0n) is 18.2. The fourth-order valence-electron chi connectivity index (χ4n) is 3.35. The third-order valence-electron chi connectivity index (χ3n) is 4.92. The minimum absolute atomic E-state index is 0.188. The van der Waals surface area contributed by atoms with Crippen molar-refractivity contribution in [3.63, 3.8) is 0 Å². The Labute approximate surface area is 171 Å². The number of rotatable bonds is 9. The molecule has 8 nitrogen and oxygen atoms in total. The van der Waals surface area contributed by atoms with E-state index in [1.165, 1.54) is 11.5 Å². The van der Waals surface area contributed by atoms with Gasteiger partial charge in [0.15, 0.2) is 11.2 Å². The van der Waals surface area contributed by atoms with Gasteiger partial charge in [0.1, 0.15) is 5.60 Å². The van der Waals surface area contributed by atoms with Crippen LogP contribution in [0.5, 0.6) is 0 Å². The number of aryl methyl sites for hydroxylation is 2. The van der Waals surface area contributed by atoms with Crippen LogP contribution in [-0.4, -0.2) is 53.9 Å². The quantitative estimate of drug-likeness (QED) is 0.638. The minimum atomic E-state index is -1.50. The third kappa shape index (κ3) is 5.17. The summed E-state index contributed by atoms with van der Waals surface area (Å²) in [5, 5.41) is 10.8. The molecule has 0 aliphatic carbocycles. The van der Waals surface area contributed by atoms with Gasteiger partial charge in [-0.05, 0) is 32.9 Å². The Morgan fingerprint density at radius 3 is 2.34 bits per heavy atom. The summed E-state index contributed by atoms with van der Waals surface area (Å²) < 4.78 is 4.39. The topological polar surface area (TPSA) is 85.3 Å². The van der Waals surface area contributed by atoms with Gasteiger partial charge >= 0.3 is 5.69 Å². The lowest BCUT2D eigenvalue weighted by molar-refractivity contribution is 0.0985. The van der Waals surface area contributed by atoms with Gasteiger partial charge in [-0.25, -0.2) is 9.78 Å². The third-order valence-corrected chi connectivity index (χ3v) is 4.92. The first-order chi connectivity index (χ1) is 13.8. The van der Waals surface area contributed by atoms with Gasteiger partial charge in [0.2, 0.25) is 0 Å². The van der Waals surface area contributed by atoms with Crippen LogP contribution < -0.4 is 11.2 Å². The highest BCUT2D eigenvalue weighted by atomic mass is 16.3. The smallest absolute Gasteiger partial charge is 0.332 e. The molecule has 0 fully saturated rings. The first kappa shape index (κ1) is 22.9. The molecule has 2 aromatic heterocycles. The maximum atomic E-state index is 13.1. The van der Waals surface area contributed by atoms with E-state index in [-0.39, 0.29) is 6.54 Å². The maximum Gasteiger partial charge on any atom is 0.332 e. The summed E-state index contributed by atoms with van der Waals surface area (Å²) >= 11 is 0. The highest BCUT2D eigenvalue weighted by molar-refractivity contribution is 5.70. The summed E-state index contributed by atoms with van der Waals surface area (Å²) in [7, 11) is 0. The van der Waals surface area contributed by atoms with Gasteiger partial charge in [0, 0.05) is 13.1 Å². The summed E-state index contributed by atoms with van der Waals surface area (Å²) in [5.41, 5.74) is -1.60. The molecule has 2 aromatic rings. The van der Waals surface area contributed by atoms with Crippen LogP contribution in [-0.2, 0) is 19.6 Å². The summed E-state index contributed by atoms with van der Waals surface area (Å²) in [5.74, 6) is 5.80. The highest BCUT2D eigenvalue weighted by Gasteiger charge is 2.24. The van der Waals surface area contributed by atoms with E-state index in [9.17, 15) is 14.7 Å². The molecular weight excluding hydrogens is 370 g/mol. The van der Waals surface area contributed by atoms with Crippen molar-refractivity contribution in [1.29, 1.82) is 0 Å². The monoisotopic (exact) mass is 403 g/mol. The van der Waals surface area contributed by atoms with Gasteiger partial charge in [0.25, 0.3) is 5.56 Å². The second kappa shape index (κ2) is 9.90. The molecule has 0 amide bonds. The van der Waals surface area contributed by atoms with E-state index in [1.54, 1.807) is 10.9 Å². The van der Waals surface area contributed by atoms with Crippen molar-refractivity contribution in [1.82, 2.24) is 23.6 Å². The van der Waals surface area contributed by atoms with E-state index in [2.05, 4.69) is 21.7 Å². The van der Waals surface area contributed by atoms with E-state index in [0.717, 1.165) is 30.5 Å². The number of nitrogens with zero attached hydrogens (tertiary/aromatic N) is 5. The molecule has 2 heterocycles. The molecule has 1 unspecified atom stereocenters. The molecule has 0 radical (unpaired) electrons. The number of aromatic nitrogens is 4. The van der Waals surface area contributed by atoms with Crippen LogP contribution in [0.25, 0.3) is 11.2 Å². The largest absolute Gasteiger partial charge is 0.376 e. The van der Waals surface area contributed by atoms with Crippen LogP contribution in [0.3, 0.4) is 0 Å². The number of hydrogen-bond donors (Lipinski definition) is 1. The van der Waals surface area contributed by atoms with E-state index >= 15 is 0 Å². The van der Waals surface area contributed by atoms with Crippen molar-refractivity contribution >= 4 is 11.2 Å². The second-order valence-corrected chi connectivity index (χ2v) is 7.47. The van der Waals surface area contributed by atoms with Crippen LogP contribution in [0.4, 0.5) is 0 Å². The van der Waals surface area contributed by atoms with E-state index in [1.807, 2.05) is 27.7 Å². The molecule has 1 N–H and O–H groups in total. The molecule has 0 aliphatic rings. The van der Waals surface area contributed by atoms with Gasteiger partial charge < -0.3 is 9.67 Å². The molecular formula is C21H33N5O3. The Morgan fingerprint density at radius 2 is 1.76 bits per heavy atom. The number of fused-ring (bicyclic) bond motifs is 1. The molecule has 2 rings (SSSR count). The Bertz CT molecular complexity index is 999. The van der Waals surface area contributed by atoms with Gasteiger partial charge in [-0.15, -0.1) is 0 Å². The van der Waals surface area contributed by atoms with Crippen LogP contribution in [0.2, 0.25) is 0 Å². The summed E-state index contributed by atoms with van der Waals surface area (Å²) in [6.07, 6.45) is 3.17. The number of aliphatic hydroxyl groups is 1. The lowest BCUT2D eigenvalue weighted by Crippen LogP contribution is -2.45. The molecule has 0 spiro atoms. The Balaban J connectivity index is 2.51. The first-order valence-electron chi connectivity index (χ1n) is 10.4. The number of imidazole rings is 1. The highest BCUT2D eigenvalue weighted by Crippen LogP contribution is 2.10. The lowest BCUT2D eigenvalue weighted by atomic mass is 10.1. The zero-order valence-corrected chi connectivity index (χ0v) is 18.2. The van der Waals surface area contributed by atoms with Crippen molar-refractivity contribution in [2.45, 2.75) is 72.7 Å². The summed E-state index contributed by atoms with van der Waals surface area (Å²) in [6, 6.07) is 0. The SMILES string of the molecule is CCCn1cnc2c1c(=O)n(CC(C)(O)C#CCN(CC)CC)c(=O)n2CCC. The molecule has 0 saturated heterocycles. The van der Waals surface area contributed by atoms with Gasteiger partial charge in [-0.1, -0.05) is 39.5 Å². The second-order valence-electron chi connectivity index (χ2n) is 7.47. The van der Waals surface area contributed by atoms with Crippen molar-refractivity contribution in [3.05, 3.63) is 27.2 Å². The standard InChI is InChI=1S/C21H33N5O3/c1-6-12-24-16-22-18-17(24)19(27)26(20(28)25(18)13-7-2)15-21(5,29)11-10-14-23(8-3)9-4/h16,29H,6-9,12-15H2,1-5H3. The van der Waals surface area contributed by atoms with Gasteiger partial charge in [-0.3, -0.25) is 18.8 Å². The van der Waals surface area contributed by atoms with Gasteiger partial charge in [-0.2, -0.15) is 0 Å². The van der Waals surface area contributed by atoms with E-state index in [4.69, 9.17) is 0 Å². The summed E-state index contributed by atoms with van der Waals surface area (Å²) in [4.78, 5) is 32.6. The fourth-order valence-corrected chi connectivity index (χ4v) is 3.35. The molecule has 29 heavy (non-hydrogen) atoms. The van der Waals surface area contributed by atoms with Crippen LogP contribution in [0.15, 0.2) is 15.9 Å². The average Bonchev–Trinajstić information content (AvgIpc) is 3.10. The van der Waals surface area contributed by atoms with Crippen molar-refractivity contribution in [3.8, 4) is 11.8 Å². The fraction of sp³-hybridized carbons (Fsp3) is 0.667. The zero-order chi connectivity index (χ0) is 21.6. The molecule has 0 aliphatic heterocycles.